The molecule has 96 valence electrons. The zero-order chi connectivity index (χ0) is 13.2. The zero-order valence-electron chi connectivity index (χ0n) is 10.3. The van der Waals surface area contributed by atoms with E-state index in [2.05, 4.69) is 4.99 Å². The van der Waals surface area contributed by atoms with Crippen LogP contribution in [0.5, 0.6) is 0 Å². The average molecular weight is 257 g/mol. The lowest BCUT2D eigenvalue weighted by molar-refractivity contribution is 0.624. The lowest BCUT2D eigenvalue weighted by Gasteiger charge is -2.05. The Kier molecular flexibility index (Phi) is 3.11. The molecule has 0 saturated heterocycles. The van der Waals surface area contributed by atoms with E-state index in [1.807, 2.05) is 0 Å². The summed E-state index contributed by atoms with van der Waals surface area (Å²) in [7, 11) is 0. The molecular formula is C16H13F2N. The molecule has 2 aromatic carbocycles. The average Bonchev–Trinajstić information content (AvgIpc) is 2.90. The van der Waals surface area contributed by atoms with Crippen LogP contribution in [0.3, 0.4) is 0 Å². The van der Waals surface area contributed by atoms with Crippen LogP contribution in [0.2, 0.25) is 0 Å². The first kappa shape index (κ1) is 12.0. The topological polar surface area (TPSA) is 12.4 Å². The first-order valence-corrected chi connectivity index (χ1v) is 6.30. The first-order valence-electron chi connectivity index (χ1n) is 6.30. The summed E-state index contributed by atoms with van der Waals surface area (Å²) in [5.74, 6) is -0.470. The van der Waals surface area contributed by atoms with Crippen LogP contribution in [0.15, 0.2) is 53.5 Å². The van der Waals surface area contributed by atoms with Gasteiger partial charge >= 0.3 is 0 Å². The van der Waals surface area contributed by atoms with Crippen LogP contribution in [0.25, 0.3) is 0 Å². The Hall–Kier alpha value is -2.03. The van der Waals surface area contributed by atoms with Gasteiger partial charge in [0.15, 0.2) is 0 Å². The monoisotopic (exact) mass is 257 g/mol. The molecule has 1 aliphatic rings. The summed E-state index contributed by atoms with van der Waals surface area (Å²) in [6, 6.07) is 12.9. The molecule has 1 aliphatic heterocycles. The maximum Gasteiger partial charge on any atom is 0.123 e. The van der Waals surface area contributed by atoms with Crippen LogP contribution in [0.1, 0.15) is 30.0 Å². The van der Waals surface area contributed by atoms with Gasteiger partial charge in [-0.2, -0.15) is 0 Å². The number of nitrogens with zero attached hydrogens (tertiary/aromatic N) is 1. The van der Waals surface area contributed by atoms with Gasteiger partial charge in [-0.25, -0.2) is 8.78 Å². The lowest BCUT2D eigenvalue weighted by atomic mass is 10.0. The molecule has 0 bridgehead atoms. The van der Waals surface area contributed by atoms with Crippen LogP contribution in [-0.4, -0.2) is 5.71 Å². The van der Waals surface area contributed by atoms with E-state index in [0.717, 1.165) is 29.7 Å². The number of benzene rings is 2. The smallest absolute Gasteiger partial charge is 0.123 e. The van der Waals surface area contributed by atoms with Gasteiger partial charge in [-0.15, -0.1) is 0 Å². The molecular weight excluding hydrogens is 244 g/mol. The van der Waals surface area contributed by atoms with Gasteiger partial charge in [0.05, 0.1) is 6.04 Å². The summed E-state index contributed by atoms with van der Waals surface area (Å²) < 4.78 is 25.8. The van der Waals surface area contributed by atoms with Gasteiger partial charge in [0.2, 0.25) is 0 Å². The van der Waals surface area contributed by atoms with Crippen molar-refractivity contribution in [3.05, 3.63) is 71.3 Å². The molecule has 0 spiro atoms. The maximum atomic E-state index is 12.9. The highest BCUT2D eigenvalue weighted by Gasteiger charge is 2.20. The van der Waals surface area contributed by atoms with Gasteiger partial charge in [-0.3, -0.25) is 4.99 Å². The molecule has 1 heterocycles. The van der Waals surface area contributed by atoms with Gasteiger partial charge in [-0.05, 0) is 48.2 Å². The number of aliphatic imine (C=N–C) groups is 1. The summed E-state index contributed by atoms with van der Waals surface area (Å²) in [4.78, 5) is 4.66. The molecule has 0 amide bonds. The molecule has 0 fully saturated rings. The highest BCUT2D eigenvalue weighted by molar-refractivity contribution is 6.01. The molecule has 0 radical (unpaired) electrons. The molecule has 3 heteroatoms. The molecule has 1 unspecified atom stereocenters. The second kappa shape index (κ2) is 4.92. The largest absolute Gasteiger partial charge is 0.281 e. The van der Waals surface area contributed by atoms with E-state index in [-0.39, 0.29) is 17.7 Å². The third-order valence-electron chi connectivity index (χ3n) is 3.40. The lowest BCUT2D eigenvalue weighted by Crippen LogP contribution is -1.95. The highest BCUT2D eigenvalue weighted by Crippen LogP contribution is 2.30. The number of halogens is 2. The fourth-order valence-electron chi connectivity index (χ4n) is 2.38. The molecule has 0 saturated carbocycles. The second-order valence-electron chi connectivity index (χ2n) is 4.69. The Morgan fingerprint density at radius 3 is 2.05 bits per heavy atom. The summed E-state index contributed by atoms with van der Waals surface area (Å²) in [5, 5.41) is 0. The molecule has 1 atom stereocenters. The Labute approximate surface area is 110 Å². The van der Waals surface area contributed by atoms with E-state index >= 15 is 0 Å². The molecule has 0 aliphatic carbocycles. The molecule has 1 nitrogen and oxygen atoms in total. The predicted octanol–water partition coefficient (Wildman–Crippen LogP) is 4.29. The SMILES string of the molecule is Fc1ccc(C2=NC(c3ccc(F)cc3)CC2)cc1. The van der Waals surface area contributed by atoms with Crippen LogP contribution in [0, 0.1) is 11.6 Å². The van der Waals surface area contributed by atoms with Crippen molar-refractivity contribution in [3.63, 3.8) is 0 Å². The third kappa shape index (κ3) is 2.55. The minimum Gasteiger partial charge on any atom is -0.281 e. The normalized spacial score (nSPS) is 18.4. The fraction of sp³-hybridized carbons (Fsp3) is 0.188. The standard InChI is InChI=1S/C16H13F2N/c17-13-5-1-11(2-6-13)15-9-10-16(19-15)12-3-7-14(18)8-4-12/h1-8,15H,9-10H2. The Bertz CT molecular complexity index is 600. The zero-order valence-corrected chi connectivity index (χ0v) is 10.3. The second-order valence-corrected chi connectivity index (χ2v) is 4.69. The number of rotatable bonds is 2. The van der Waals surface area contributed by atoms with Crippen molar-refractivity contribution in [2.24, 2.45) is 4.99 Å². The van der Waals surface area contributed by atoms with Crippen molar-refractivity contribution in [2.75, 3.05) is 0 Å². The van der Waals surface area contributed by atoms with Gasteiger partial charge in [0.1, 0.15) is 11.6 Å². The van der Waals surface area contributed by atoms with E-state index in [9.17, 15) is 8.78 Å². The first-order chi connectivity index (χ1) is 9.22. The van der Waals surface area contributed by atoms with E-state index in [0.29, 0.717) is 0 Å². The van der Waals surface area contributed by atoms with Crippen molar-refractivity contribution in [2.45, 2.75) is 18.9 Å². The number of hydrogen-bond donors (Lipinski definition) is 0. The Morgan fingerprint density at radius 2 is 1.42 bits per heavy atom. The molecule has 0 N–H and O–H groups in total. The Balaban J connectivity index is 1.84. The van der Waals surface area contributed by atoms with Crippen molar-refractivity contribution in [1.82, 2.24) is 0 Å². The summed E-state index contributed by atoms with van der Waals surface area (Å²) in [6.45, 7) is 0. The molecule has 2 aromatic rings. The summed E-state index contributed by atoms with van der Waals surface area (Å²) in [6.07, 6.45) is 1.78. The fourth-order valence-corrected chi connectivity index (χ4v) is 2.38. The van der Waals surface area contributed by atoms with Crippen molar-refractivity contribution < 1.29 is 8.78 Å². The summed E-state index contributed by atoms with van der Waals surface area (Å²) >= 11 is 0. The van der Waals surface area contributed by atoms with E-state index in [4.69, 9.17) is 0 Å². The van der Waals surface area contributed by atoms with E-state index < -0.39 is 0 Å². The summed E-state index contributed by atoms with van der Waals surface area (Å²) in [5.41, 5.74) is 2.99. The van der Waals surface area contributed by atoms with Gasteiger partial charge in [0, 0.05) is 5.71 Å². The van der Waals surface area contributed by atoms with Gasteiger partial charge in [0.25, 0.3) is 0 Å². The maximum absolute atomic E-state index is 12.9. The molecule has 19 heavy (non-hydrogen) atoms. The van der Waals surface area contributed by atoms with E-state index in [1.54, 1.807) is 24.3 Å². The van der Waals surface area contributed by atoms with Crippen molar-refractivity contribution in [3.8, 4) is 0 Å². The van der Waals surface area contributed by atoms with Gasteiger partial charge in [-0.1, -0.05) is 24.3 Å². The molecule has 3 rings (SSSR count). The van der Waals surface area contributed by atoms with Crippen molar-refractivity contribution in [1.29, 1.82) is 0 Å². The molecule has 0 aromatic heterocycles. The van der Waals surface area contributed by atoms with Crippen LogP contribution < -0.4 is 0 Å². The van der Waals surface area contributed by atoms with Crippen LogP contribution in [0.4, 0.5) is 8.78 Å². The highest BCUT2D eigenvalue weighted by atomic mass is 19.1. The minimum absolute atomic E-state index is 0.0839. The van der Waals surface area contributed by atoms with Crippen molar-refractivity contribution >= 4 is 5.71 Å². The third-order valence-corrected chi connectivity index (χ3v) is 3.40. The quantitative estimate of drug-likeness (QED) is 0.761. The Morgan fingerprint density at radius 1 is 0.842 bits per heavy atom. The van der Waals surface area contributed by atoms with Gasteiger partial charge < -0.3 is 0 Å². The predicted molar refractivity (Wildman–Crippen MR) is 71.3 cm³/mol. The van der Waals surface area contributed by atoms with E-state index in [1.165, 1.54) is 24.3 Å². The number of hydrogen-bond acceptors (Lipinski definition) is 1. The van der Waals surface area contributed by atoms with Crippen LogP contribution in [-0.2, 0) is 0 Å². The minimum atomic E-state index is -0.238. The van der Waals surface area contributed by atoms with Crippen LogP contribution >= 0.6 is 0 Å².